The van der Waals surface area contributed by atoms with Crippen molar-refractivity contribution in [1.82, 2.24) is 5.32 Å². The minimum atomic E-state index is -1.18. The molecule has 3 aromatic carbocycles. The summed E-state index contributed by atoms with van der Waals surface area (Å²) < 4.78 is 12.0. The number of hydrogen-bond acceptors (Lipinski definition) is 8. The molecule has 13 heteroatoms. The molecule has 1 fully saturated rings. The first kappa shape index (κ1) is 27.7. The Morgan fingerprint density at radius 3 is 2.54 bits per heavy atom. The molecule has 0 spiro atoms. The van der Waals surface area contributed by atoms with E-state index >= 15 is 0 Å². The van der Waals surface area contributed by atoms with Crippen LogP contribution in [0.15, 0.2) is 66.2 Å². The average molecular weight is 659 g/mol. The van der Waals surface area contributed by atoms with Crippen molar-refractivity contribution in [1.29, 1.82) is 0 Å². The van der Waals surface area contributed by atoms with Crippen LogP contribution in [-0.4, -0.2) is 40.0 Å². The molecule has 0 radical (unpaired) electrons. The molecule has 4 rings (SSSR count). The maximum Gasteiger partial charge on any atom is 0.335 e. The molecule has 1 aliphatic rings. The lowest BCUT2D eigenvalue weighted by Gasteiger charge is -2.29. The van der Waals surface area contributed by atoms with E-state index in [2.05, 4.69) is 5.32 Å². The molecule has 1 aliphatic heterocycles. The van der Waals surface area contributed by atoms with Crippen molar-refractivity contribution in [2.24, 2.45) is 0 Å². The van der Waals surface area contributed by atoms with Crippen LogP contribution in [-0.2, 0) is 16.2 Å². The lowest BCUT2D eigenvalue weighted by atomic mass is 10.1. The minimum Gasteiger partial charge on any atom is -0.493 e. The van der Waals surface area contributed by atoms with Gasteiger partial charge in [0.15, 0.2) is 16.6 Å². The molecular formula is C26H18IN3O8S. The number of carboxylic acid groups (broad SMARTS) is 1. The second-order valence-electron chi connectivity index (χ2n) is 8.06. The molecule has 1 heterocycles. The fraction of sp³-hybridized carbons (Fsp3) is 0.0769. The van der Waals surface area contributed by atoms with Crippen LogP contribution in [0, 0.1) is 13.7 Å². The van der Waals surface area contributed by atoms with Crippen molar-refractivity contribution in [3.63, 3.8) is 0 Å². The van der Waals surface area contributed by atoms with Gasteiger partial charge in [-0.3, -0.25) is 29.9 Å². The predicted molar refractivity (Wildman–Crippen MR) is 153 cm³/mol. The van der Waals surface area contributed by atoms with Gasteiger partial charge in [0, 0.05) is 12.1 Å². The SMILES string of the molecule is COc1cc(C=C2C(=O)NC(=S)N(c3cccc(C(=O)O)c3)C2=O)cc(I)c1OCc1ccc([N+](=O)[O-])cc1. The number of ether oxygens (including phenoxy) is 2. The zero-order valence-electron chi connectivity index (χ0n) is 20.0. The van der Waals surface area contributed by atoms with Crippen LogP contribution in [0.1, 0.15) is 21.5 Å². The fourth-order valence-corrected chi connectivity index (χ4v) is 4.73. The summed E-state index contributed by atoms with van der Waals surface area (Å²) in [6.45, 7) is 0.119. The summed E-state index contributed by atoms with van der Waals surface area (Å²) in [6, 6.07) is 14.9. The van der Waals surface area contributed by atoms with Gasteiger partial charge in [0.25, 0.3) is 17.5 Å². The quantitative estimate of drug-likeness (QED) is 0.0901. The highest BCUT2D eigenvalue weighted by Gasteiger charge is 2.35. The summed E-state index contributed by atoms with van der Waals surface area (Å²) in [6.07, 6.45) is 1.37. The van der Waals surface area contributed by atoms with Gasteiger partial charge in [0.05, 0.1) is 26.9 Å². The number of halogens is 1. The number of non-ortho nitro benzene ring substituents is 1. The summed E-state index contributed by atoms with van der Waals surface area (Å²) in [5, 5.41) is 22.4. The van der Waals surface area contributed by atoms with Crippen molar-refractivity contribution in [3.8, 4) is 11.5 Å². The Labute approximate surface area is 240 Å². The normalized spacial score (nSPS) is 14.3. The lowest BCUT2D eigenvalue weighted by Crippen LogP contribution is -2.54. The highest BCUT2D eigenvalue weighted by atomic mass is 127. The highest BCUT2D eigenvalue weighted by molar-refractivity contribution is 14.1. The summed E-state index contributed by atoms with van der Waals surface area (Å²) in [5.41, 5.74) is 1.06. The summed E-state index contributed by atoms with van der Waals surface area (Å²) >= 11 is 7.21. The monoisotopic (exact) mass is 659 g/mol. The van der Waals surface area contributed by atoms with Crippen LogP contribution >= 0.6 is 34.8 Å². The first-order chi connectivity index (χ1) is 18.6. The topological polar surface area (TPSA) is 148 Å². The van der Waals surface area contributed by atoms with Crippen LogP contribution in [0.25, 0.3) is 6.08 Å². The van der Waals surface area contributed by atoms with E-state index in [9.17, 15) is 29.6 Å². The van der Waals surface area contributed by atoms with Crippen molar-refractivity contribution < 1.29 is 33.9 Å². The molecule has 11 nitrogen and oxygen atoms in total. The Morgan fingerprint density at radius 1 is 1.18 bits per heavy atom. The number of rotatable bonds is 8. The third kappa shape index (κ3) is 6.04. The molecule has 198 valence electrons. The van der Waals surface area contributed by atoms with Crippen LogP contribution in [0.2, 0.25) is 0 Å². The number of nitro groups is 1. The number of anilines is 1. The Hall–Kier alpha value is -4.37. The Bertz CT molecular complexity index is 1560. The van der Waals surface area contributed by atoms with Crippen LogP contribution in [0.5, 0.6) is 11.5 Å². The van der Waals surface area contributed by atoms with Gasteiger partial charge in [0.1, 0.15) is 12.2 Å². The molecule has 3 aromatic rings. The van der Waals surface area contributed by atoms with Gasteiger partial charge in [-0.15, -0.1) is 0 Å². The van der Waals surface area contributed by atoms with E-state index in [1.807, 2.05) is 22.6 Å². The Morgan fingerprint density at radius 2 is 1.90 bits per heavy atom. The highest BCUT2D eigenvalue weighted by Crippen LogP contribution is 2.35. The largest absolute Gasteiger partial charge is 0.493 e. The molecule has 1 saturated heterocycles. The van der Waals surface area contributed by atoms with Crippen molar-refractivity contribution in [3.05, 3.63) is 96.6 Å². The first-order valence-electron chi connectivity index (χ1n) is 11.1. The number of nitro benzene ring substituents is 1. The predicted octanol–water partition coefficient (Wildman–Crippen LogP) is 4.32. The van der Waals surface area contributed by atoms with Crippen LogP contribution in [0.3, 0.4) is 0 Å². The number of methoxy groups -OCH3 is 1. The number of nitrogens with one attached hydrogen (secondary N) is 1. The van der Waals surface area contributed by atoms with E-state index in [4.69, 9.17) is 21.7 Å². The van der Waals surface area contributed by atoms with Gasteiger partial charge in [-0.1, -0.05) is 6.07 Å². The molecule has 0 aromatic heterocycles. The van der Waals surface area contributed by atoms with Gasteiger partial charge in [-0.25, -0.2) is 4.79 Å². The second-order valence-corrected chi connectivity index (χ2v) is 9.61. The van der Waals surface area contributed by atoms with E-state index in [0.29, 0.717) is 26.2 Å². The number of carboxylic acids is 1. The van der Waals surface area contributed by atoms with E-state index in [0.717, 1.165) is 4.90 Å². The van der Waals surface area contributed by atoms with Gasteiger partial charge in [-0.05, 0) is 94.5 Å². The van der Waals surface area contributed by atoms with Crippen molar-refractivity contribution in [2.75, 3.05) is 12.0 Å². The van der Waals surface area contributed by atoms with Gasteiger partial charge in [0.2, 0.25) is 0 Å². The maximum absolute atomic E-state index is 13.3. The zero-order chi connectivity index (χ0) is 28.3. The molecule has 0 unspecified atom stereocenters. The smallest absolute Gasteiger partial charge is 0.335 e. The van der Waals surface area contributed by atoms with Crippen LogP contribution < -0.4 is 19.7 Å². The van der Waals surface area contributed by atoms with Crippen LogP contribution in [0.4, 0.5) is 11.4 Å². The number of hydrogen-bond donors (Lipinski definition) is 2. The van der Waals surface area contributed by atoms with Gasteiger partial charge < -0.3 is 14.6 Å². The first-order valence-corrected chi connectivity index (χ1v) is 12.6. The third-order valence-corrected chi connectivity index (χ3v) is 6.63. The average Bonchev–Trinajstić information content (AvgIpc) is 2.90. The summed E-state index contributed by atoms with van der Waals surface area (Å²) in [7, 11) is 1.44. The van der Waals surface area contributed by atoms with Gasteiger partial charge in [-0.2, -0.15) is 0 Å². The molecule has 2 N–H and O–H groups in total. The number of nitrogens with zero attached hydrogens (tertiary/aromatic N) is 2. The van der Waals surface area contributed by atoms with E-state index in [-0.39, 0.29) is 34.2 Å². The van der Waals surface area contributed by atoms with E-state index in [1.165, 1.54) is 49.6 Å². The lowest BCUT2D eigenvalue weighted by molar-refractivity contribution is -0.384. The van der Waals surface area contributed by atoms with E-state index in [1.54, 1.807) is 24.3 Å². The molecule has 39 heavy (non-hydrogen) atoms. The number of amides is 2. The second kappa shape index (κ2) is 11.6. The number of aromatic carboxylic acids is 1. The Balaban J connectivity index is 1.62. The molecule has 0 saturated carbocycles. The zero-order valence-corrected chi connectivity index (χ0v) is 23.0. The number of thiocarbonyl (C=S) groups is 1. The minimum absolute atomic E-state index is 0.0292. The third-order valence-electron chi connectivity index (χ3n) is 5.55. The molecular weight excluding hydrogens is 641 g/mol. The summed E-state index contributed by atoms with van der Waals surface area (Å²) in [4.78, 5) is 48.8. The van der Waals surface area contributed by atoms with E-state index < -0.39 is 22.7 Å². The van der Waals surface area contributed by atoms with Gasteiger partial charge >= 0.3 is 5.97 Å². The number of carbonyl (C=O) groups excluding carboxylic acids is 2. The standard InChI is InChI=1S/C26H18IN3O8S/c1-37-21-11-15(10-20(27)22(21)38-13-14-5-7-17(8-6-14)30(35)36)9-19-23(31)28-26(39)29(24(19)32)18-4-2-3-16(12-18)25(33)34/h2-12H,13H2,1H3,(H,33,34)(H,28,31,39). The molecule has 0 atom stereocenters. The summed E-state index contributed by atoms with van der Waals surface area (Å²) in [5.74, 6) is -1.86. The molecule has 2 amide bonds. The fourth-order valence-electron chi connectivity index (χ4n) is 3.67. The molecule has 0 aliphatic carbocycles. The Kier molecular flexibility index (Phi) is 8.21. The number of carbonyl (C=O) groups is 3. The maximum atomic E-state index is 13.3. The molecule has 0 bridgehead atoms. The van der Waals surface area contributed by atoms with Crippen molar-refractivity contribution in [2.45, 2.75) is 6.61 Å². The number of benzene rings is 3. The van der Waals surface area contributed by atoms with Crippen molar-refractivity contribution >= 4 is 75.2 Å².